The second-order valence-corrected chi connectivity index (χ2v) is 12.2. The van der Waals surface area contributed by atoms with Crippen molar-refractivity contribution in [3.8, 4) is 0 Å². The van der Waals surface area contributed by atoms with Crippen molar-refractivity contribution in [2.24, 2.45) is 0 Å². The van der Waals surface area contributed by atoms with Crippen molar-refractivity contribution < 1.29 is 18.0 Å². The van der Waals surface area contributed by atoms with Crippen LogP contribution in [0.1, 0.15) is 48.5 Å². The minimum atomic E-state index is -2.95. The standard InChI is InChI=1S/C14H27F2NO2Si/c1-8(2)20(9(3)4,10(5)6)19-11-12(14(7,15)16)17-13(11)18/h8-12H,1-7H3,(H,17,18)/t11-,12-/m0/s1. The number of β-lactam (4-membered cyclic amide) rings is 1. The van der Waals surface area contributed by atoms with Crippen LogP contribution in [0.3, 0.4) is 0 Å². The molecule has 1 aliphatic heterocycles. The molecule has 1 aliphatic rings. The van der Waals surface area contributed by atoms with E-state index in [0.29, 0.717) is 0 Å². The lowest BCUT2D eigenvalue weighted by Crippen LogP contribution is -2.72. The molecule has 20 heavy (non-hydrogen) atoms. The Labute approximate surface area is 121 Å². The van der Waals surface area contributed by atoms with Crippen LogP contribution in [0.2, 0.25) is 16.6 Å². The van der Waals surface area contributed by atoms with Gasteiger partial charge in [-0.15, -0.1) is 0 Å². The number of carbonyl (C=O) groups excluding carboxylic acids is 1. The first-order chi connectivity index (χ1) is 8.94. The topological polar surface area (TPSA) is 38.3 Å². The summed E-state index contributed by atoms with van der Waals surface area (Å²) in [5.74, 6) is -3.36. The third-order valence-electron chi connectivity index (χ3n) is 4.44. The summed E-state index contributed by atoms with van der Waals surface area (Å²) < 4.78 is 33.1. The van der Waals surface area contributed by atoms with E-state index in [4.69, 9.17) is 4.43 Å². The molecule has 3 nitrogen and oxygen atoms in total. The molecular formula is C14H27F2NO2Si. The molecule has 0 radical (unpaired) electrons. The fraction of sp³-hybridized carbons (Fsp3) is 0.929. The molecule has 0 unspecified atom stereocenters. The van der Waals surface area contributed by atoms with Crippen LogP contribution in [0.5, 0.6) is 0 Å². The molecule has 1 fully saturated rings. The quantitative estimate of drug-likeness (QED) is 0.600. The number of nitrogens with one attached hydrogen (secondary N) is 1. The molecule has 0 aromatic carbocycles. The van der Waals surface area contributed by atoms with Gasteiger partial charge in [-0.3, -0.25) is 4.79 Å². The van der Waals surface area contributed by atoms with Crippen molar-refractivity contribution >= 4 is 14.2 Å². The van der Waals surface area contributed by atoms with Gasteiger partial charge in [-0.2, -0.15) is 0 Å². The van der Waals surface area contributed by atoms with Crippen LogP contribution in [-0.2, 0) is 9.22 Å². The summed E-state index contributed by atoms with van der Waals surface area (Å²) in [6.07, 6.45) is -1.01. The molecule has 0 aromatic rings. The van der Waals surface area contributed by atoms with E-state index in [9.17, 15) is 13.6 Å². The maximum absolute atomic E-state index is 13.5. The van der Waals surface area contributed by atoms with Gasteiger partial charge >= 0.3 is 0 Å². The van der Waals surface area contributed by atoms with Crippen molar-refractivity contribution in [3.05, 3.63) is 0 Å². The average Bonchev–Trinajstić information content (AvgIpc) is 2.23. The molecule has 1 heterocycles. The second kappa shape index (κ2) is 5.71. The van der Waals surface area contributed by atoms with Gasteiger partial charge in [-0.25, -0.2) is 8.78 Å². The van der Waals surface area contributed by atoms with Crippen LogP contribution in [-0.4, -0.2) is 32.3 Å². The molecule has 1 N–H and O–H groups in total. The Bertz CT molecular complexity index is 345. The fourth-order valence-corrected chi connectivity index (χ4v) is 9.01. The highest BCUT2D eigenvalue weighted by molar-refractivity contribution is 6.77. The summed E-state index contributed by atoms with van der Waals surface area (Å²) in [4.78, 5) is 11.7. The van der Waals surface area contributed by atoms with Gasteiger partial charge in [0.1, 0.15) is 6.04 Å². The first kappa shape index (κ1) is 17.6. The van der Waals surface area contributed by atoms with E-state index in [1.807, 2.05) is 0 Å². The van der Waals surface area contributed by atoms with Gasteiger partial charge in [0.15, 0.2) is 6.10 Å². The lowest BCUT2D eigenvalue weighted by Gasteiger charge is -2.49. The van der Waals surface area contributed by atoms with Gasteiger partial charge in [0.2, 0.25) is 8.32 Å². The van der Waals surface area contributed by atoms with Crippen LogP contribution in [0.4, 0.5) is 8.78 Å². The van der Waals surface area contributed by atoms with E-state index in [1.165, 1.54) is 0 Å². The van der Waals surface area contributed by atoms with Crippen molar-refractivity contribution in [1.82, 2.24) is 5.32 Å². The number of amides is 1. The van der Waals surface area contributed by atoms with E-state index in [1.54, 1.807) is 0 Å². The van der Waals surface area contributed by atoms with Gasteiger partial charge in [-0.1, -0.05) is 41.5 Å². The normalized spacial score (nSPS) is 24.3. The zero-order valence-corrected chi connectivity index (χ0v) is 14.5. The molecule has 2 atom stereocenters. The fourth-order valence-electron chi connectivity index (χ4n) is 3.51. The van der Waals surface area contributed by atoms with E-state index >= 15 is 0 Å². The molecule has 1 amide bonds. The van der Waals surface area contributed by atoms with Crippen molar-refractivity contribution in [3.63, 3.8) is 0 Å². The zero-order chi connectivity index (χ0) is 15.9. The highest BCUT2D eigenvalue weighted by Gasteiger charge is 2.57. The molecule has 0 aliphatic carbocycles. The molecule has 1 saturated heterocycles. The number of carbonyl (C=O) groups is 1. The first-order valence-corrected chi connectivity index (χ1v) is 9.44. The molecule has 118 valence electrons. The van der Waals surface area contributed by atoms with Crippen molar-refractivity contribution in [2.45, 2.75) is 83.2 Å². The van der Waals surface area contributed by atoms with Gasteiger partial charge in [-0.05, 0) is 16.6 Å². The Hall–Kier alpha value is -0.493. The summed E-state index contributed by atoms with van der Waals surface area (Å²) in [5, 5.41) is 2.28. The molecule has 0 saturated carbocycles. The molecule has 1 rings (SSSR count). The molecule has 0 aromatic heterocycles. The molecular weight excluding hydrogens is 280 g/mol. The lowest BCUT2D eigenvalue weighted by atomic mass is 9.97. The van der Waals surface area contributed by atoms with Crippen LogP contribution < -0.4 is 5.32 Å². The third kappa shape index (κ3) is 2.91. The highest BCUT2D eigenvalue weighted by Crippen LogP contribution is 2.44. The maximum Gasteiger partial charge on any atom is 0.268 e. The summed E-state index contributed by atoms with van der Waals surface area (Å²) in [7, 11) is -2.32. The van der Waals surface area contributed by atoms with Gasteiger partial charge in [0, 0.05) is 6.92 Å². The minimum absolute atomic E-state index is 0.266. The zero-order valence-electron chi connectivity index (χ0n) is 13.5. The summed E-state index contributed by atoms with van der Waals surface area (Å²) >= 11 is 0. The van der Waals surface area contributed by atoms with Gasteiger partial charge in [0.05, 0.1) is 0 Å². The Morgan fingerprint density at radius 1 is 1.10 bits per heavy atom. The van der Waals surface area contributed by atoms with Gasteiger partial charge in [0.25, 0.3) is 11.8 Å². The maximum atomic E-state index is 13.5. The highest BCUT2D eigenvalue weighted by atomic mass is 28.4. The SMILES string of the molecule is CC(C)[Si](O[C@@H]1C(=O)N[C@@H]1C(C)(F)F)(C(C)C)C(C)C. The number of rotatable bonds is 6. The first-order valence-electron chi connectivity index (χ1n) is 7.30. The van der Waals surface area contributed by atoms with E-state index in [0.717, 1.165) is 6.92 Å². The van der Waals surface area contributed by atoms with Crippen LogP contribution in [0.15, 0.2) is 0 Å². The Balaban J connectivity index is 3.04. The Kier molecular flexibility index (Phi) is 5.02. The average molecular weight is 307 g/mol. The van der Waals surface area contributed by atoms with Crippen LogP contribution >= 0.6 is 0 Å². The summed E-state index contributed by atoms with van der Waals surface area (Å²) in [6.45, 7) is 13.3. The minimum Gasteiger partial charge on any atom is -0.402 e. The number of hydrogen-bond acceptors (Lipinski definition) is 2. The Morgan fingerprint density at radius 2 is 1.50 bits per heavy atom. The van der Waals surface area contributed by atoms with Gasteiger partial charge < -0.3 is 9.74 Å². The predicted molar refractivity (Wildman–Crippen MR) is 78.5 cm³/mol. The second-order valence-electron chi connectivity index (χ2n) is 6.80. The van der Waals surface area contributed by atoms with Crippen LogP contribution in [0, 0.1) is 0 Å². The Morgan fingerprint density at radius 3 is 1.75 bits per heavy atom. The molecule has 0 bridgehead atoms. The smallest absolute Gasteiger partial charge is 0.268 e. The largest absolute Gasteiger partial charge is 0.402 e. The molecule has 6 heteroatoms. The number of alkyl halides is 2. The predicted octanol–water partition coefficient (Wildman–Crippen LogP) is 3.70. The van der Waals surface area contributed by atoms with Crippen molar-refractivity contribution in [1.29, 1.82) is 0 Å². The van der Waals surface area contributed by atoms with Crippen molar-refractivity contribution in [2.75, 3.05) is 0 Å². The summed E-state index contributed by atoms with van der Waals surface area (Å²) in [5.41, 5.74) is 0.797. The molecule has 0 spiro atoms. The summed E-state index contributed by atoms with van der Waals surface area (Å²) in [6, 6.07) is -1.20. The van der Waals surface area contributed by atoms with E-state index in [-0.39, 0.29) is 16.6 Å². The van der Waals surface area contributed by atoms with Crippen LogP contribution in [0.25, 0.3) is 0 Å². The van der Waals surface area contributed by atoms with E-state index in [2.05, 4.69) is 46.9 Å². The van der Waals surface area contributed by atoms with E-state index < -0.39 is 32.3 Å². The third-order valence-corrected chi connectivity index (χ3v) is 10.5. The number of halogens is 2. The lowest BCUT2D eigenvalue weighted by molar-refractivity contribution is -0.158. The number of hydrogen-bond donors (Lipinski definition) is 1. The monoisotopic (exact) mass is 307 g/mol.